The van der Waals surface area contributed by atoms with Gasteiger partial charge in [0.2, 0.25) is 11.8 Å². The second-order valence-corrected chi connectivity index (χ2v) is 10.6. The Balaban J connectivity index is 1.44. The molecule has 1 N–H and O–H groups in total. The van der Waals surface area contributed by atoms with E-state index < -0.39 is 5.41 Å². The van der Waals surface area contributed by atoms with Gasteiger partial charge in [-0.25, -0.2) is 4.68 Å². The maximum absolute atomic E-state index is 14.2. The zero-order valence-electron chi connectivity index (χ0n) is 19.9. The van der Waals surface area contributed by atoms with Crippen molar-refractivity contribution in [1.82, 2.24) is 19.9 Å². The third-order valence-electron chi connectivity index (χ3n) is 7.66. The SMILES string of the molecule is CC(c1ccc(Cl)cc1)n1nnc2c1NC(=O)C[C@]21C(=O)N(CCN2CCCC2)c2ccc(Cl)cc21. The lowest BCUT2D eigenvalue weighted by molar-refractivity contribution is -0.126. The fraction of sp³-hybridized carbons (Fsp3) is 0.385. The van der Waals surface area contributed by atoms with E-state index in [0.717, 1.165) is 30.9 Å². The van der Waals surface area contributed by atoms with E-state index in [1.165, 1.54) is 12.8 Å². The van der Waals surface area contributed by atoms with Crippen LogP contribution in [0.25, 0.3) is 0 Å². The number of aromatic nitrogens is 3. The summed E-state index contributed by atoms with van der Waals surface area (Å²) in [5.41, 5.74) is 1.64. The molecule has 3 aromatic rings. The topological polar surface area (TPSA) is 83.4 Å². The highest BCUT2D eigenvalue weighted by molar-refractivity contribution is 6.31. The van der Waals surface area contributed by atoms with Crippen LogP contribution in [0.15, 0.2) is 42.5 Å². The molecule has 3 aliphatic rings. The highest BCUT2D eigenvalue weighted by atomic mass is 35.5. The number of likely N-dealkylation sites (tertiary alicyclic amines) is 1. The maximum Gasteiger partial charge on any atom is 0.244 e. The first kappa shape index (κ1) is 23.5. The van der Waals surface area contributed by atoms with Crippen molar-refractivity contribution < 1.29 is 9.59 Å². The molecule has 10 heteroatoms. The monoisotopic (exact) mass is 524 g/mol. The summed E-state index contributed by atoms with van der Waals surface area (Å²) in [6.07, 6.45) is 2.32. The van der Waals surface area contributed by atoms with Crippen molar-refractivity contribution in [3.63, 3.8) is 0 Å². The summed E-state index contributed by atoms with van der Waals surface area (Å²) in [6.45, 7) is 5.38. The third kappa shape index (κ3) is 3.62. The maximum atomic E-state index is 14.2. The molecule has 8 nitrogen and oxygen atoms in total. The van der Waals surface area contributed by atoms with Crippen LogP contribution in [0.1, 0.15) is 49.0 Å². The summed E-state index contributed by atoms with van der Waals surface area (Å²) in [6, 6.07) is 12.7. The van der Waals surface area contributed by atoms with Gasteiger partial charge in [0.1, 0.15) is 11.1 Å². The quantitative estimate of drug-likeness (QED) is 0.538. The Kier molecular flexibility index (Phi) is 5.78. The third-order valence-corrected chi connectivity index (χ3v) is 8.15. The van der Waals surface area contributed by atoms with Crippen LogP contribution in [0.2, 0.25) is 10.0 Å². The van der Waals surface area contributed by atoms with E-state index in [-0.39, 0.29) is 24.3 Å². The molecule has 2 atom stereocenters. The van der Waals surface area contributed by atoms with Crippen molar-refractivity contribution in [2.75, 3.05) is 36.4 Å². The lowest BCUT2D eigenvalue weighted by Crippen LogP contribution is -2.48. The molecule has 6 rings (SSSR count). The molecule has 4 heterocycles. The van der Waals surface area contributed by atoms with Gasteiger partial charge >= 0.3 is 0 Å². The number of hydrogen-bond acceptors (Lipinski definition) is 5. The lowest BCUT2D eigenvalue weighted by atomic mass is 9.73. The van der Waals surface area contributed by atoms with Gasteiger partial charge in [0.05, 0.1) is 12.5 Å². The van der Waals surface area contributed by atoms with Crippen molar-refractivity contribution in [2.45, 2.75) is 37.6 Å². The predicted octanol–water partition coefficient (Wildman–Crippen LogP) is 4.26. The number of nitrogens with one attached hydrogen (secondary N) is 1. The normalized spacial score (nSPS) is 22.1. The van der Waals surface area contributed by atoms with E-state index in [1.54, 1.807) is 21.7 Å². The molecule has 2 aromatic carbocycles. The van der Waals surface area contributed by atoms with Gasteiger partial charge in [-0.2, -0.15) is 0 Å². The number of nitrogens with zero attached hydrogens (tertiary/aromatic N) is 5. The Morgan fingerprint density at radius 2 is 1.75 bits per heavy atom. The molecule has 1 saturated heterocycles. The van der Waals surface area contributed by atoms with Gasteiger partial charge in [0.15, 0.2) is 5.82 Å². The molecule has 1 unspecified atom stereocenters. The molecule has 0 bridgehead atoms. The van der Waals surface area contributed by atoms with Crippen LogP contribution in [0, 0.1) is 0 Å². The molecular formula is C26H26Cl2N6O2. The number of benzene rings is 2. The second-order valence-electron chi connectivity index (χ2n) is 9.76. The molecule has 36 heavy (non-hydrogen) atoms. The summed E-state index contributed by atoms with van der Waals surface area (Å²) in [7, 11) is 0. The van der Waals surface area contributed by atoms with E-state index in [0.29, 0.717) is 33.7 Å². The van der Waals surface area contributed by atoms with Crippen LogP contribution in [0.4, 0.5) is 11.5 Å². The number of amides is 2. The molecule has 3 aliphatic heterocycles. The molecule has 1 aromatic heterocycles. The fourth-order valence-electron chi connectivity index (χ4n) is 5.76. The van der Waals surface area contributed by atoms with E-state index in [2.05, 4.69) is 20.5 Å². The Hall–Kier alpha value is -2.94. The van der Waals surface area contributed by atoms with Crippen molar-refractivity contribution in [3.05, 3.63) is 69.3 Å². The highest BCUT2D eigenvalue weighted by Gasteiger charge is 2.58. The number of hydrogen-bond donors (Lipinski definition) is 1. The standard InChI is InChI=1S/C26H26Cl2N6O2/c1-16(17-4-6-18(27)7-5-17)34-24-23(30-31-34)26(15-22(35)29-24)20-14-19(28)8-9-21(20)33(25(26)36)13-12-32-10-2-3-11-32/h4-9,14,16H,2-3,10-13,15H2,1H3,(H,29,35)/t16?,26-/m1/s1. The number of carbonyl (C=O) groups is 2. The van der Waals surface area contributed by atoms with Gasteiger partial charge in [-0.3, -0.25) is 9.59 Å². The highest BCUT2D eigenvalue weighted by Crippen LogP contribution is 2.52. The van der Waals surface area contributed by atoms with Crippen molar-refractivity contribution >= 4 is 46.5 Å². The van der Waals surface area contributed by atoms with Gasteiger partial charge in [0.25, 0.3) is 0 Å². The van der Waals surface area contributed by atoms with Gasteiger partial charge in [-0.05, 0) is 74.3 Å². The molecular weight excluding hydrogens is 499 g/mol. The lowest BCUT2D eigenvalue weighted by Gasteiger charge is -2.32. The Morgan fingerprint density at radius 1 is 1.03 bits per heavy atom. The van der Waals surface area contributed by atoms with Crippen LogP contribution >= 0.6 is 23.2 Å². The second kappa shape index (κ2) is 8.87. The first-order valence-corrected chi connectivity index (χ1v) is 13.0. The number of anilines is 2. The molecule has 1 fully saturated rings. The van der Waals surface area contributed by atoms with Crippen LogP contribution in [0.5, 0.6) is 0 Å². The molecule has 0 aliphatic carbocycles. The predicted molar refractivity (Wildman–Crippen MR) is 139 cm³/mol. The zero-order valence-corrected chi connectivity index (χ0v) is 21.4. The first-order valence-electron chi connectivity index (χ1n) is 12.2. The van der Waals surface area contributed by atoms with Gasteiger partial charge in [-0.15, -0.1) is 5.10 Å². The zero-order chi connectivity index (χ0) is 25.0. The van der Waals surface area contributed by atoms with Crippen LogP contribution in [-0.4, -0.2) is 57.9 Å². The average Bonchev–Trinajstić information content (AvgIpc) is 3.58. The molecule has 186 valence electrons. The number of halogens is 2. The summed E-state index contributed by atoms with van der Waals surface area (Å²) in [5.74, 6) is 0.0330. The van der Waals surface area contributed by atoms with E-state index in [4.69, 9.17) is 23.2 Å². The van der Waals surface area contributed by atoms with E-state index in [9.17, 15) is 9.59 Å². The van der Waals surface area contributed by atoms with E-state index >= 15 is 0 Å². The minimum Gasteiger partial charge on any atom is -0.310 e. The summed E-state index contributed by atoms with van der Waals surface area (Å²) in [5, 5.41) is 13.0. The van der Waals surface area contributed by atoms with Crippen LogP contribution in [0.3, 0.4) is 0 Å². The van der Waals surface area contributed by atoms with Gasteiger partial charge < -0.3 is 15.1 Å². The molecule has 1 spiro atoms. The Bertz CT molecular complexity index is 1350. The molecule has 0 saturated carbocycles. The van der Waals surface area contributed by atoms with Gasteiger partial charge in [0, 0.05) is 28.8 Å². The minimum atomic E-state index is -1.26. The van der Waals surface area contributed by atoms with Crippen molar-refractivity contribution in [2.24, 2.45) is 0 Å². The Morgan fingerprint density at radius 3 is 2.50 bits per heavy atom. The number of fused-ring (bicyclic) bond motifs is 4. The fourth-order valence-corrected chi connectivity index (χ4v) is 6.06. The van der Waals surface area contributed by atoms with Gasteiger partial charge in [-0.1, -0.05) is 40.5 Å². The molecule has 2 amide bonds. The Labute approximate surface area is 219 Å². The van der Waals surface area contributed by atoms with Crippen LogP contribution < -0.4 is 10.2 Å². The summed E-state index contributed by atoms with van der Waals surface area (Å²) >= 11 is 12.5. The smallest absolute Gasteiger partial charge is 0.244 e. The number of rotatable bonds is 5. The average molecular weight is 525 g/mol. The minimum absolute atomic E-state index is 0.0413. The van der Waals surface area contributed by atoms with E-state index in [1.807, 2.05) is 37.3 Å². The van der Waals surface area contributed by atoms with Crippen molar-refractivity contribution in [1.29, 1.82) is 0 Å². The summed E-state index contributed by atoms with van der Waals surface area (Å²) < 4.78 is 1.67. The van der Waals surface area contributed by atoms with Crippen molar-refractivity contribution in [3.8, 4) is 0 Å². The largest absolute Gasteiger partial charge is 0.310 e. The van der Waals surface area contributed by atoms with Crippen LogP contribution in [-0.2, 0) is 15.0 Å². The summed E-state index contributed by atoms with van der Waals surface area (Å²) in [4.78, 5) is 31.6. The number of carbonyl (C=O) groups excluding carboxylic acids is 2. The first-order chi connectivity index (χ1) is 17.4. The molecule has 0 radical (unpaired) electrons.